The average Bonchev–Trinajstić information content (AvgIpc) is 3.00. The van der Waals surface area contributed by atoms with Gasteiger partial charge in [0.05, 0.1) is 0 Å². The largest absolute Gasteiger partial charge is 0.363 e. The molecule has 1 aromatic rings. The van der Waals surface area contributed by atoms with Crippen molar-refractivity contribution >= 4 is 11.7 Å². The van der Waals surface area contributed by atoms with Crippen LogP contribution in [0, 0.1) is 11.6 Å². The van der Waals surface area contributed by atoms with Gasteiger partial charge in [-0.15, -0.1) is 0 Å². The van der Waals surface area contributed by atoms with Gasteiger partial charge in [0.25, 0.3) is 0 Å². The fourth-order valence-electron chi connectivity index (χ4n) is 3.26. The molecule has 0 radical (unpaired) electrons. The number of piperazine rings is 1. The normalized spacial score (nSPS) is 19.5. The van der Waals surface area contributed by atoms with Gasteiger partial charge in [-0.1, -0.05) is 18.9 Å². The van der Waals surface area contributed by atoms with Gasteiger partial charge in [-0.05, 0) is 25.0 Å². The van der Waals surface area contributed by atoms with Crippen molar-refractivity contribution in [3.63, 3.8) is 0 Å². The summed E-state index contributed by atoms with van der Waals surface area (Å²) in [6, 6.07) is 4.12. The molecule has 120 valence electrons. The molecular formula is C16H21F2N3O. The van der Waals surface area contributed by atoms with Gasteiger partial charge in [-0.2, -0.15) is 0 Å². The molecule has 2 fully saturated rings. The van der Waals surface area contributed by atoms with Crippen molar-refractivity contribution in [3.05, 3.63) is 29.8 Å². The number of urea groups is 1. The van der Waals surface area contributed by atoms with Crippen molar-refractivity contribution in [2.24, 2.45) is 0 Å². The van der Waals surface area contributed by atoms with E-state index >= 15 is 0 Å². The number of amides is 2. The Morgan fingerprint density at radius 3 is 2.23 bits per heavy atom. The average molecular weight is 309 g/mol. The fourth-order valence-corrected chi connectivity index (χ4v) is 3.26. The molecule has 4 nitrogen and oxygen atoms in total. The van der Waals surface area contributed by atoms with Crippen molar-refractivity contribution in [1.82, 2.24) is 10.2 Å². The Kier molecular flexibility index (Phi) is 4.45. The standard InChI is InChI=1S/C16H21F2N3O/c17-13-6-3-7-14(18)15(13)20-8-10-21(11-9-20)16(22)19-12-4-1-2-5-12/h3,6-7,12H,1-2,4-5,8-11H2,(H,19,22). The van der Waals surface area contributed by atoms with Crippen LogP contribution in [0.5, 0.6) is 0 Å². The van der Waals surface area contributed by atoms with E-state index in [2.05, 4.69) is 5.32 Å². The highest BCUT2D eigenvalue weighted by Gasteiger charge is 2.26. The molecule has 2 amide bonds. The third-order valence-corrected chi connectivity index (χ3v) is 4.50. The second-order valence-corrected chi connectivity index (χ2v) is 5.98. The Hall–Kier alpha value is -1.85. The minimum Gasteiger partial charge on any atom is -0.363 e. The van der Waals surface area contributed by atoms with E-state index in [0.717, 1.165) is 12.8 Å². The monoisotopic (exact) mass is 309 g/mol. The van der Waals surface area contributed by atoms with Gasteiger partial charge in [0, 0.05) is 32.2 Å². The summed E-state index contributed by atoms with van der Waals surface area (Å²) in [5.74, 6) is -1.10. The molecule has 6 heteroatoms. The van der Waals surface area contributed by atoms with Crippen LogP contribution in [-0.2, 0) is 0 Å². The van der Waals surface area contributed by atoms with Crippen LogP contribution in [0.1, 0.15) is 25.7 Å². The summed E-state index contributed by atoms with van der Waals surface area (Å²) in [5, 5.41) is 3.05. The van der Waals surface area contributed by atoms with Gasteiger partial charge in [0.15, 0.2) is 0 Å². The lowest BCUT2D eigenvalue weighted by molar-refractivity contribution is 0.190. The first kappa shape index (κ1) is 15.1. The highest BCUT2D eigenvalue weighted by atomic mass is 19.1. The first-order valence-electron chi connectivity index (χ1n) is 7.89. The predicted molar refractivity (Wildman–Crippen MR) is 80.9 cm³/mol. The van der Waals surface area contributed by atoms with Crippen LogP contribution in [0.2, 0.25) is 0 Å². The second-order valence-electron chi connectivity index (χ2n) is 5.98. The number of nitrogens with one attached hydrogen (secondary N) is 1. The van der Waals surface area contributed by atoms with Gasteiger partial charge >= 0.3 is 6.03 Å². The zero-order chi connectivity index (χ0) is 15.5. The summed E-state index contributed by atoms with van der Waals surface area (Å²) >= 11 is 0. The van der Waals surface area contributed by atoms with Crippen molar-refractivity contribution in [2.45, 2.75) is 31.7 Å². The molecule has 2 aliphatic rings. The zero-order valence-electron chi connectivity index (χ0n) is 12.5. The van der Waals surface area contributed by atoms with Crippen LogP contribution in [0.25, 0.3) is 0 Å². The molecule has 1 aromatic carbocycles. The van der Waals surface area contributed by atoms with Gasteiger partial charge in [-0.25, -0.2) is 13.6 Å². The van der Waals surface area contributed by atoms with Crippen LogP contribution in [0.4, 0.5) is 19.3 Å². The minimum absolute atomic E-state index is 0.0124. The van der Waals surface area contributed by atoms with Crippen molar-refractivity contribution in [2.75, 3.05) is 31.1 Å². The predicted octanol–water partition coefficient (Wildman–Crippen LogP) is 2.74. The van der Waals surface area contributed by atoms with Crippen LogP contribution in [0.15, 0.2) is 18.2 Å². The Morgan fingerprint density at radius 2 is 1.64 bits per heavy atom. The van der Waals surface area contributed by atoms with E-state index in [9.17, 15) is 13.6 Å². The van der Waals surface area contributed by atoms with Gasteiger partial charge < -0.3 is 15.1 Å². The van der Waals surface area contributed by atoms with E-state index < -0.39 is 11.6 Å². The fraction of sp³-hybridized carbons (Fsp3) is 0.562. The first-order valence-corrected chi connectivity index (χ1v) is 7.89. The Morgan fingerprint density at radius 1 is 1.05 bits per heavy atom. The number of nitrogens with zero attached hydrogens (tertiary/aromatic N) is 2. The van der Waals surface area contributed by atoms with Gasteiger partial charge in [-0.3, -0.25) is 0 Å². The third-order valence-electron chi connectivity index (χ3n) is 4.50. The number of benzene rings is 1. The lowest BCUT2D eigenvalue weighted by Gasteiger charge is -2.36. The maximum absolute atomic E-state index is 13.8. The van der Waals surface area contributed by atoms with E-state index in [1.54, 1.807) is 9.80 Å². The van der Waals surface area contributed by atoms with E-state index in [1.807, 2.05) is 0 Å². The number of para-hydroxylation sites is 1. The second kappa shape index (κ2) is 6.50. The summed E-state index contributed by atoms with van der Waals surface area (Å²) in [6.45, 7) is 1.84. The molecule has 1 saturated heterocycles. The van der Waals surface area contributed by atoms with Crippen LogP contribution >= 0.6 is 0 Å². The number of carbonyl (C=O) groups is 1. The molecule has 3 rings (SSSR count). The molecule has 1 aliphatic heterocycles. The smallest absolute Gasteiger partial charge is 0.317 e. The van der Waals surface area contributed by atoms with E-state index in [0.29, 0.717) is 26.2 Å². The molecule has 1 saturated carbocycles. The molecule has 1 N–H and O–H groups in total. The SMILES string of the molecule is O=C(NC1CCCC1)N1CCN(c2c(F)cccc2F)CC1. The molecule has 0 atom stereocenters. The Bertz CT molecular complexity index is 518. The van der Waals surface area contributed by atoms with Crippen LogP contribution < -0.4 is 10.2 Å². The Balaban J connectivity index is 1.57. The molecule has 0 spiro atoms. The molecule has 0 unspecified atom stereocenters. The van der Waals surface area contributed by atoms with E-state index in [4.69, 9.17) is 0 Å². The quantitative estimate of drug-likeness (QED) is 0.912. The summed E-state index contributed by atoms with van der Waals surface area (Å²) in [7, 11) is 0. The van der Waals surface area contributed by atoms with E-state index in [-0.39, 0.29) is 17.8 Å². The highest BCUT2D eigenvalue weighted by molar-refractivity contribution is 5.75. The van der Waals surface area contributed by atoms with Crippen molar-refractivity contribution in [3.8, 4) is 0 Å². The minimum atomic E-state index is -0.552. The van der Waals surface area contributed by atoms with Crippen molar-refractivity contribution < 1.29 is 13.6 Å². The molecule has 22 heavy (non-hydrogen) atoms. The summed E-state index contributed by atoms with van der Waals surface area (Å²) in [6.07, 6.45) is 4.44. The van der Waals surface area contributed by atoms with E-state index in [1.165, 1.54) is 31.0 Å². The molecule has 0 aromatic heterocycles. The third kappa shape index (κ3) is 3.15. The van der Waals surface area contributed by atoms with Gasteiger partial charge in [0.1, 0.15) is 17.3 Å². The number of carbonyl (C=O) groups excluding carboxylic acids is 1. The molecular weight excluding hydrogens is 288 g/mol. The summed E-state index contributed by atoms with van der Waals surface area (Å²) in [5.41, 5.74) is 0.0124. The first-order chi connectivity index (χ1) is 10.6. The van der Waals surface area contributed by atoms with Crippen LogP contribution in [0.3, 0.4) is 0 Å². The molecule has 1 heterocycles. The topological polar surface area (TPSA) is 35.6 Å². The summed E-state index contributed by atoms with van der Waals surface area (Å²) < 4.78 is 27.6. The van der Waals surface area contributed by atoms with Gasteiger partial charge in [0.2, 0.25) is 0 Å². The summed E-state index contributed by atoms with van der Waals surface area (Å²) in [4.78, 5) is 15.6. The number of anilines is 1. The number of hydrogen-bond donors (Lipinski definition) is 1. The Labute approximate surface area is 129 Å². The van der Waals surface area contributed by atoms with Crippen LogP contribution in [-0.4, -0.2) is 43.2 Å². The highest BCUT2D eigenvalue weighted by Crippen LogP contribution is 2.24. The number of halogens is 2. The lowest BCUT2D eigenvalue weighted by atomic mass is 10.2. The lowest BCUT2D eigenvalue weighted by Crippen LogP contribution is -2.53. The molecule has 0 bridgehead atoms. The van der Waals surface area contributed by atoms with Crippen molar-refractivity contribution in [1.29, 1.82) is 0 Å². The molecule has 1 aliphatic carbocycles. The number of hydrogen-bond acceptors (Lipinski definition) is 2. The number of rotatable bonds is 2. The maximum Gasteiger partial charge on any atom is 0.317 e. The zero-order valence-corrected chi connectivity index (χ0v) is 12.5. The maximum atomic E-state index is 13.8.